The van der Waals surface area contributed by atoms with Crippen LogP contribution in [0.5, 0.6) is 0 Å². The smallest absolute Gasteiger partial charge is 0.274 e. The molecule has 1 atom stereocenters. The van der Waals surface area contributed by atoms with Gasteiger partial charge >= 0.3 is 0 Å². The second kappa shape index (κ2) is 7.58. The molecule has 2 fully saturated rings. The fourth-order valence-electron chi connectivity index (χ4n) is 4.08. The zero-order valence-electron chi connectivity index (χ0n) is 16.5. The molecule has 0 saturated carbocycles. The van der Waals surface area contributed by atoms with Gasteiger partial charge in [0.15, 0.2) is 5.69 Å². The Bertz CT molecular complexity index is 825. The Labute approximate surface area is 160 Å². The summed E-state index contributed by atoms with van der Waals surface area (Å²) in [6.45, 7) is 7.35. The zero-order chi connectivity index (χ0) is 19.0. The van der Waals surface area contributed by atoms with E-state index in [4.69, 9.17) is 9.72 Å². The average molecular weight is 371 g/mol. The fraction of sp³-hybridized carbons (Fsp3) is 0.600. The van der Waals surface area contributed by atoms with Gasteiger partial charge in [-0.3, -0.25) is 9.69 Å². The number of morpholine rings is 1. The van der Waals surface area contributed by atoms with Gasteiger partial charge in [-0.15, -0.1) is 0 Å². The maximum absolute atomic E-state index is 13.2. The predicted molar refractivity (Wildman–Crippen MR) is 104 cm³/mol. The highest BCUT2D eigenvalue weighted by Gasteiger charge is 2.29. The lowest BCUT2D eigenvalue weighted by atomic mass is 10.2. The van der Waals surface area contributed by atoms with Crippen molar-refractivity contribution in [2.45, 2.75) is 25.9 Å². The van der Waals surface area contributed by atoms with E-state index in [-0.39, 0.29) is 5.91 Å². The molecule has 4 heterocycles. The molecule has 2 saturated heterocycles. The zero-order valence-corrected chi connectivity index (χ0v) is 16.5. The number of aromatic nitrogens is 2. The molecule has 7 nitrogen and oxygen atoms in total. The number of likely N-dealkylation sites (tertiary alicyclic amines) is 1. The number of carbonyl (C=O) groups is 1. The minimum absolute atomic E-state index is 0.0276. The van der Waals surface area contributed by atoms with Crippen molar-refractivity contribution in [2.75, 3.05) is 53.5 Å². The number of likely N-dealkylation sites (N-methyl/N-ethyl adjacent to an activating group) is 1. The molecule has 1 amide bonds. The van der Waals surface area contributed by atoms with E-state index in [2.05, 4.69) is 28.3 Å². The lowest BCUT2D eigenvalue weighted by Gasteiger charge is -2.27. The van der Waals surface area contributed by atoms with Gasteiger partial charge in [-0.05, 0) is 39.1 Å². The third-order valence-electron chi connectivity index (χ3n) is 5.80. The number of rotatable bonds is 4. The SMILES string of the molecule is Cc1cccn2c(CN3CC[C@H](N(C)C)C3)c(C(=O)N3CCOCC3)nc12. The minimum atomic E-state index is 0.0276. The van der Waals surface area contributed by atoms with Gasteiger partial charge in [0.25, 0.3) is 5.91 Å². The summed E-state index contributed by atoms with van der Waals surface area (Å²) in [5.74, 6) is 0.0276. The Morgan fingerprint density at radius 3 is 2.78 bits per heavy atom. The third-order valence-corrected chi connectivity index (χ3v) is 5.80. The molecule has 7 heteroatoms. The summed E-state index contributed by atoms with van der Waals surface area (Å²) in [5.41, 5.74) is 3.57. The first-order valence-corrected chi connectivity index (χ1v) is 9.77. The molecule has 0 aromatic carbocycles. The van der Waals surface area contributed by atoms with Crippen LogP contribution in [-0.4, -0.2) is 89.5 Å². The molecule has 2 aliphatic rings. The Balaban J connectivity index is 1.67. The van der Waals surface area contributed by atoms with Gasteiger partial charge in [0.1, 0.15) is 5.65 Å². The molecule has 0 bridgehead atoms. The number of aryl methyl sites for hydroxylation is 1. The van der Waals surface area contributed by atoms with Crippen molar-refractivity contribution >= 4 is 11.6 Å². The molecular formula is C20H29N5O2. The van der Waals surface area contributed by atoms with E-state index in [0.717, 1.165) is 43.0 Å². The Kier molecular flexibility index (Phi) is 5.16. The molecule has 0 radical (unpaired) electrons. The summed E-state index contributed by atoms with van der Waals surface area (Å²) in [7, 11) is 4.28. The van der Waals surface area contributed by atoms with Crippen LogP contribution in [0, 0.1) is 6.92 Å². The highest BCUT2D eigenvalue weighted by molar-refractivity contribution is 5.94. The van der Waals surface area contributed by atoms with Gasteiger partial charge < -0.3 is 18.9 Å². The lowest BCUT2D eigenvalue weighted by molar-refractivity contribution is 0.0298. The molecule has 0 unspecified atom stereocenters. The third kappa shape index (κ3) is 3.59. The van der Waals surface area contributed by atoms with Gasteiger partial charge in [-0.2, -0.15) is 0 Å². The monoisotopic (exact) mass is 371 g/mol. The van der Waals surface area contributed by atoms with Crippen LogP contribution in [0.15, 0.2) is 18.3 Å². The van der Waals surface area contributed by atoms with E-state index < -0.39 is 0 Å². The number of ether oxygens (including phenoxy) is 1. The standard InChI is InChI=1S/C20H29N5O2/c1-15-5-4-7-25-17(14-23-8-6-16(13-23)22(2)3)18(21-19(15)25)20(26)24-9-11-27-12-10-24/h4-5,7,16H,6,8-14H2,1-3H3/t16-/m0/s1. The summed E-state index contributed by atoms with van der Waals surface area (Å²) < 4.78 is 7.51. The first-order chi connectivity index (χ1) is 13.0. The first-order valence-electron chi connectivity index (χ1n) is 9.77. The Morgan fingerprint density at radius 2 is 2.07 bits per heavy atom. The second-order valence-electron chi connectivity index (χ2n) is 7.84. The molecule has 27 heavy (non-hydrogen) atoms. The summed E-state index contributed by atoms with van der Waals surface area (Å²) in [6.07, 6.45) is 3.19. The predicted octanol–water partition coefficient (Wildman–Crippen LogP) is 1.25. The molecule has 2 aromatic rings. The van der Waals surface area contributed by atoms with Crippen LogP contribution < -0.4 is 0 Å². The molecule has 0 spiro atoms. The van der Waals surface area contributed by atoms with Gasteiger partial charge in [-0.25, -0.2) is 4.98 Å². The maximum atomic E-state index is 13.2. The molecule has 2 aliphatic heterocycles. The van der Waals surface area contributed by atoms with E-state index >= 15 is 0 Å². The number of imidazole rings is 1. The number of nitrogens with zero attached hydrogens (tertiary/aromatic N) is 5. The van der Waals surface area contributed by atoms with E-state index in [9.17, 15) is 4.79 Å². The van der Waals surface area contributed by atoms with E-state index in [1.54, 1.807) is 0 Å². The van der Waals surface area contributed by atoms with Gasteiger partial charge in [0, 0.05) is 45.0 Å². The average Bonchev–Trinajstić information content (AvgIpc) is 3.29. The fourth-order valence-corrected chi connectivity index (χ4v) is 4.08. The van der Waals surface area contributed by atoms with Gasteiger partial charge in [-0.1, -0.05) is 6.07 Å². The van der Waals surface area contributed by atoms with Crippen LogP contribution in [0.25, 0.3) is 5.65 Å². The van der Waals surface area contributed by atoms with Crippen molar-refractivity contribution in [3.63, 3.8) is 0 Å². The van der Waals surface area contributed by atoms with Crippen molar-refractivity contribution < 1.29 is 9.53 Å². The van der Waals surface area contributed by atoms with Gasteiger partial charge in [0.05, 0.1) is 18.9 Å². The highest BCUT2D eigenvalue weighted by atomic mass is 16.5. The van der Waals surface area contributed by atoms with E-state index in [1.165, 1.54) is 0 Å². The molecule has 0 aliphatic carbocycles. The van der Waals surface area contributed by atoms with Crippen molar-refractivity contribution in [1.29, 1.82) is 0 Å². The summed E-state index contributed by atoms with van der Waals surface area (Å²) >= 11 is 0. The van der Waals surface area contributed by atoms with E-state index in [0.29, 0.717) is 38.0 Å². The Hall–Kier alpha value is -1.96. The first kappa shape index (κ1) is 18.4. The van der Waals surface area contributed by atoms with E-state index in [1.807, 2.05) is 30.2 Å². The summed E-state index contributed by atoms with van der Waals surface area (Å²) in [5, 5.41) is 0. The van der Waals surface area contributed by atoms with Crippen molar-refractivity contribution in [3.8, 4) is 0 Å². The molecule has 146 valence electrons. The number of fused-ring (bicyclic) bond motifs is 1. The van der Waals surface area contributed by atoms with Crippen LogP contribution in [-0.2, 0) is 11.3 Å². The molecule has 4 rings (SSSR count). The number of carbonyl (C=O) groups excluding carboxylic acids is 1. The number of pyridine rings is 1. The van der Waals surface area contributed by atoms with Crippen molar-refractivity contribution in [1.82, 2.24) is 24.1 Å². The molecular weight excluding hydrogens is 342 g/mol. The van der Waals surface area contributed by atoms with Gasteiger partial charge in [0.2, 0.25) is 0 Å². The Morgan fingerprint density at radius 1 is 1.30 bits per heavy atom. The number of hydrogen-bond donors (Lipinski definition) is 0. The normalized spacial score (nSPS) is 21.5. The maximum Gasteiger partial charge on any atom is 0.274 e. The summed E-state index contributed by atoms with van der Waals surface area (Å²) in [6, 6.07) is 4.65. The second-order valence-corrected chi connectivity index (χ2v) is 7.84. The topological polar surface area (TPSA) is 53.3 Å². The van der Waals surface area contributed by atoms with Crippen LogP contribution in [0.1, 0.15) is 28.2 Å². The number of hydrogen-bond acceptors (Lipinski definition) is 5. The highest BCUT2D eigenvalue weighted by Crippen LogP contribution is 2.22. The van der Waals surface area contributed by atoms with Crippen LogP contribution in [0.3, 0.4) is 0 Å². The van der Waals surface area contributed by atoms with Crippen molar-refractivity contribution in [2.24, 2.45) is 0 Å². The lowest BCUT2D eigenvalue weighted by Crippen LogP contribution is -2.41. The van der Waals surface area contributed by atoms with Crippen LogP contribution >= 0.6 is 0 Å². The largest absolute Gasteiger partial charge is 0.378 e. The quantitative estimate of drug-likeness (QED) is 0.810. The van der Waals surface area contributed by atoms with Crippen LogP contribution in [0.4, 0.5) is 0 Å². The summed E-state index contributed by atoms with van der Waals surface area (Å²) in [4.78, 5) is 24.6. The molecule has 2 aromatic heterocycles. The minimum Gasteiger partial charge on any atom is -0.378 e. The van der Waals surface area contributed by atoms with Crippen LogP contribution in [0.2, 0.25) is 0 Å². The molecule has 0 N–H and O–H groups in total. The number of amides is 1. The van der Waals surface area contributed by atoms with Crippen molar-refractivity contribution in [3.05, 3.63) is 35.3 Å².